The summed E-state index contributed by atoms with van der Waals surface area (Å²) in [5.74, 6) is 0.000880. The first kappa shape index (κ1) is 12.5. The van der Waals surface area contributed by atoms with Crippen LogP contribution in [0.25, 0.3) is 10.9 Å². The summed E-state index contributed by atoms with van der Waals surface area (Å²) in [7, 11) is 0. The average molecular weight is 264 g/mol. The highest BCUT2D eigenvalue weighted by Gasteiger charge is 2.16. The van der Waals surface area contributed by atoms with E-state index in [9.17, 15) is 4.79 Å². The van der Waals surface area contributed by atoms with E-state index in [0.29, 0.717) is 16.8 Å². The van der Waals surface area contributed by atoms with Gasteiger partial charge in [-0.05, 0) is 49.2 Å². The van der Waals surface area contributed by atoms with Gasteiger partial charge in [-0.2, -0.15) is 0 Å². The van der Waals surface area contributed by atoms with E-state index in [1.807, 2.05) is 44.2 Å². The maximum absolute atomic E-state index is 12.7. The van der Waals surface area contributed by atoms with Gasteiger partial charge in [-0.15, -0.1) is 0 Å². The number of ketones is 1. The van der Waals surface area contributed by atoms with Gasteiger partial charge < -0.3 is 10.7 Å². The summed E-state index contributed by atoms with van der Waals surface area (Å²) in [5.41, 5.74) is 10.8. The van der Waals surface area contributed by atoms with Gasteiger partial charge in [0.1, 0.15) is 0 Å². The molecule has 3 nitrogen and oxygen atoms in total. The number of H-pyrrole nitrogens is 1. The summed E-state index contributed by atoms with van der Waals surface area (Å²) in [6.45, 7) is 3.95. The zero-order chi connectivity index (χ0) is 14.3. The van der Waals surface area contributed by atoms with Crippen LogP contribution in [0.1, 0.15) is 27.0 Å². The van der Waals surface area contributed by atoms with Gasteiger partial charge in [0.2, 0.25) is 0 Å². The molecule has 0 unspecified atom stereocenters. The predicted octanol–water partition coefficient (Wildman–Crippen LogP) is 3.60. The SMILES string of the molecule is Cc1cc(N)cc(C(=O)c2c[nH]c3cccc(C)c23)c1. The third-order valence-corrected chi connectivity index (χ3v) is 3.52. The molecule has 0 saturated heterocycles. The van der Waals surface area contributed by atoms with Crippen molar-refractivity contribution in [2.45, 2.75) is 13.8 Å². The first-order valence-electron chi connectivity index (χ1n) is 6.55. The van der Waals surface area contributed by atoms with Crippen molar-refractivity contribution in [3.8, 4) is 0 Å². The van der Waals surface area contributed by atoms with E-state index in [0.717, 1.165) is 22.0 Å². The molecule has 0 aliphatic rings. The Labute approximate surface area is 117 Å². The zero-order valence-electron chi connectivity index (χ0n) is 11.5. The molecule has 0 aliphatic heterocycles. The summed E-state index contributed by atoms with van der Waals surface area (Å²) in [5, 5.41) is 0.984. The van der Waals surface area contributed by atoms with Crippen LogP contribution >= 0.6 is 0 Å². The number of rotatable bonds is 2. The van der Waals surface area contributed by atoms with Crippen molar-refractivity contribution in [3.05, 3.63) is 64.8 Å². The fourth-order valence-electron chi connectivity index (χ4n) is 2.65. The van der Waals surface area contributed by atoms with Crippen molar-refractivity contribution in [1.29, 1.82) is 0 Å². The minimum absolute atomic E-state index is 0.000880. The number of nitrogens with one attached hydrogen (secondary N) is 1. The molecule has 0 aliphatic carbocycles. The number of hydrogen-bond donors (Lipinski definition) is 2. The van der Waals surface area contributed by atoms with E-state index in [1.54, 1.807) is 12.3 Å². The molecule has 0 bridgehead atoms. The number of carbonyl (C=O) groups excluding carboxylic acids is 1. The maximum atomic E-state index is 12.7. The summed E-state index contributed by atoms with van der Waals surface area (Å²) in [4.78, 5) is 15.9. The fraction of sp³-hybridized carbons (Fsp3) is 0.118. The smallest absolute Gasteiger partial charge is 0.195 e. The van der Waals surface area contributed by atoms with E-state index in [-0.39, 0.29) is 5.78 Å². The van der Waals surface area contributed by atoms with Crippen molar-refractivity contribution in [1.82, 2.24) is 4.98 Å². The van der Waals surface area contributed by atoms with Gasteiger partial charge in [-0.3, -0.25) is 4.79 Å². The number of nitrogens with two attached hydrogens (primary N) is 1. The van der Waals surface area contributed by atoms with Gasteiger partial charge in [0.25, 0.3) is 0 Å². The molecule has 0 amide bonds. The van der Waals surface area contributed by atoms with Crippen molar-refractivity contribution < 1.29 is 4.79 Å². The number of aryl methyl sites for hydroxylation is 2. The highest BCUT2D eigenvalue weighted by atomic mass is 16.1. The lowest BCUT2D eigenvalue weighted by Gasteiger charge is -2.05. The van der Waals surface area contributed by atoms with Crippen molar-refractivity contribution >= 4 is 22.4 Å². The molecule has 1 aromatic heterocycles. The monoisotopic (exact) mass is 264 g/mol. The number of benzene rings is 2. The number of hydrogen-bond acceptors (Lipinski definition) is 2. The largest absolute Gasteiger partial charge is 0.399 e. The van der Waals surface area contributed by atoms with Crippen LogP contribution in [0.2, 0.25) is 0 Å². The quantitative estimate of drug-likeness (QED) is 0.549. The molecule has 3 N–H and O–H groups in total. The molecule has 0 fully saturated rings. The Hall–Kier alpha value is -2.55. The second-order valence-electron chi connectivity index (χ2n) is 5.16. The molecule has 0 saturated carbocycles. The Morgan fingerprint density at radius 2 is 1.95 bits per heavy atom. The molecule has 0 radical (unpaired) electrons. The van der Waals surface area contributed by atoms with Crippen molar-refractivity contribution in [2.24, 2.45) is 0 Å². The third kappa shape index (κ3) is 1.97. The summed E-state index contributed by atoms with van der Waals surface area (Å²) in [6, 6.07) is 11.4. The fourth-order valence-corrected chi connectivity index (χ4v) is 2.65. The number of aromatic amines is 1. The van der Waals surface area contributed by atoms with Gasteiger partial charge in [-0.25, -0.2) is 0 Å². The van der Waals surface area contributed by atoms with Crippen LogP contribution in [-0.4, -0.2) is 10.8 Å². The molecule has 100 valence electrons. The molecule has 3 heteroatoms. The van der Waals surface area contributed by atoms with E-state index in [1.165, 1.54) is 0 Å². The highest BCUT2D eigenvalue weighted by molar-refractivity contribution is 6.17. The second kappa shape index (κ2) is 4.53. The van der Waals surface area contributed by atoms with Crippen LogP contribution < -0.4 is 5.73 Å². The summed E-state index contributed by atoms with van der Waals surface area (Å²) >= 11 is 0. The summed E-state index contributed by atoms with van der Waals surface area (Å²) in [6.07, 6.45) is 1.78. The molecular weight excluding hydrogens is 248 g/mol. The number of aromatic nitrogens is 1. The molecule has 1 heterocycles. The van der Waals surface area contributed by atoms with Crippen LogP contribution in [0.5, 0.6) is 0 Å². The Bertz CT molecular complexity index is 795. The van der Waals surface area contributed by atoms with E-state index in [4.69, 9.17) is 5.73 Å². The average Bonchev–Trinajstić information content (AvgIpc) is 2.82. The third-order valence-electron chi connectivity index (χ3n) is 3.52. The zero-order valence-corrected chi connectivity index (χ0v) is 11.5. The Morgan fingerprint density at radius 3 is 2.70 bits per heavy atom. The van der Waals surface area contributed by atoms with E-state index >= 15 is 0 Å². The first-order valence-corrected chi connectivity index (χ1v) is 6.55. The van der Waals surface area contributed by atoms with Gasteiger partial charge in [-0.1, -0.05) is 12.1 Å². The molecule has 0 atom stereocenters. The van der Waals surface area contributed by atoms with Gasteiger partial charge in [0.05, 0.1) is 0 Å². The first-order chi connectivity index (χ1) is 9.56. The minimum Gasteiger partial charge on any atom is -0.399 e. The molecule has 0 spiro atoms. The molecule has 20 heavy (non-hydrogen) atoms. The van der Waals surface area contributed by atoms with Crippen LogP contribution in [0.15, 0.2) is 42.6 Å². The normalized spacial score (nSPS) is 10.9. The van der Waals surface area contributed by atoms with Crippen molar-refractivity contribution in [2.75, 3.05) is 5.73 Å². The van der Waals surface area contributed by atoms with Gasteiger partial charge >= 0.3 is 0 Å². The predicted molar refractivity (Wildman–Crippen MR) is 82.1 cm³/mol. The lowest BCUT2D eigenvalue weighted by molar-refractivity contribution is 0.104. The topological polar surface area (TPSA) is 58.9 Å². The number of carbonyl (C=O) groups is 1. The number of anilines is 1. The molecule has 3 aromatic rings. The standard InChI is InChI=1S/C17H16N2O/c1-10-6-12(8-13(18)7-10)17(20)14-9-19-15-5-3-4-11(2)16(14)15/h3-9,19H,18H2,1-2H3. The lowest BCUT2D eigenvalue weighted by Crippen LogP contribution is -2.02. The lowest BCUT2D eigenvalue weighted by atomic mass is 9.98. The Morgan fingerprint density at radius 1 is 1.15 bits per heavy atom. The van der Waals surface area contributed by atoms with Crippen molar-refractivity contribution in [3.63, 3.8) is 0 Å². The molecular formula is C17H16N2O. The van der Waals surface area contributed by atoms with Crippen LogP contribution in [-0.2, 0) is 0 Å². The van der Waals surface area contributed by atoms with Gasteiger partial charge in [0.15, 0.2) is 5.78 Å². The van der Waals surface area contributed by atoms with E-state index in [2.05, 4.69) is 4.98 Å². The van der Waals surface area contributed by atoms with Gasteiger partial charge in [0, 0.05) is 33.9 Å². The molecule has 2 aromatic carbocycles. The Kier molecular flexibility index (Phi) is 2.83. The van der Waals surface area contributed by atoms with Crippen LogP contribution in [0.4, 0.5) is 5.69 Å². The second-order valence-corrected chi connectivity index (χ2v) is 5.16. The Balaban J connectivity index is 2.18. The minimum atomic E-state index is 0.000880. The maximum Gasteiger partial charge on any atom is 0.195 e. The van der Waals surface area contributed by atoms with Crippen LogP contribution in [0, 0.1) is 13.8 Å². The highest BCUT2D eigenvalue weighted by Crippen LogP contribution is 2.25. The van der Waals surface area contributed by atoms with E-state index < -0.39 is 0 Å². The van der Waals surface area contributed by atoms with Crippen LogP contribution in [0.3, 0.4) is 0 Å². The number of fused-ring (bicyclic) bond motifs is 1. The number of nitrogen functional groups attached to an aromatic ring is 1. The summed E-state index contributed by atoms with van der Waals surface area (Å²) < 4.78 is 0. The molecule has 3 rings (SSSR count).